The van der Waals surface area contributed by atoms with Crippen molar-refractivity contribution in [2.24, 2.45) is 5.92 Å². The molecule has 0 bridgehead atoms. The zero-order chi connectivity index (χ0) is 11.8. The minimum atomic E-state index is 0.142. The Bertz CT molecular complexity index is 421. The molecule has 3 atom stereocenters. The fourth-order valence-electron chi connectivity index (χ4n) is 2.88. The minimum absolute atomic E-state index is 0.142. The molecule has 3 unspecified atom stereocenters. The third-order valence-corrected chi connectivity index (χ3v) is 4.00. The normalized spacial score (nSPS) is 30.8. The molecule has 0 aromatic heterocycles. The van der Waals surface area contributed by atoms with Gasteiger partial charge in [-0.2, -0.15) is 0 Å². The first-order valence-electron chi connectivity index (χ1n) is 6.48. The van der Waals surface area contributed by atoms with E-state index >= 15 is 0 Å². The van der Waals surface area contributed by atoms with Gasteiger partial charge >= 0.3 is 0 Å². The molecule has 2 aliphatic rings. The molecule has 1 aromatic rings. The number of epoxide rings is 1. The number of carbonyl (C=O) groups is 1. The molecular weight excluding hydrogens is 212 g/mol. The SMILES string of the molecule is CC(=O)c1ccc(CC2CCC3OC3C2)cc1. The van der Waals surface area contributed by atoms with E-state index in [0.717, 1.165) is 17.9 Å². The number of carbonyl (C=O) groups excluding carboxylic acids is 1. The zero-order valence-corrected chi connectivity index (χ0v) is 10.2. The predicted octanol–water partition coefficient (Wildman–Crippen LogP) is 3.00. The van der Waals surface area contributed by atoms with E-state index < -0.39 is 0 Å². The molecule has 3 rings (SSSR count). The Balaban J connectivity index is 1.62. The molecular formula is C15H18O2. The lowest BCUT2D eigenvalue weighted by Crippen LogP contribution is -2.15. The van der Waals surface area contributed by atoms with Crippen LogP contribution in [0, 0.1) is 5.92 Å². The van der Waals surface area contributed by atoms with Gasteiger partial charge in [0.2, 0.25) is 0 Å². The summed E-state index contributed by atoms with van der Waals surface area (Å²) in [5, 5.41) is 0. The molecule has 1 saturated heterocycles. The van der Waals surface area contributed by atoms with Gasteiger partial charge in [-0.15, -0.1) is 0 Å². The van der Waals surface area contributed by atoms with E-state index in [-0.39, 0.29) is 5.78 Å². The van der Waals surface area contributed by atoms with Crippen LogP contribution < -0.4 is 0 Å². The van der Waals surface area contributed by atoms with Gasteiger partial charge in [-0.3, -0.25) is 4.79 Å². The maximum Gasteiger partial charge on any atom is 0.159 e. The molecule has 1 aliphatic heterocycles. The fourth-order valence-corrected chi connectivity index (χ4v) is 2.88. The van der Waals surface area contributed by atoms with Gasteiger partial charge in [0, 0.05) is 5.56 Å². The van der Waals surface area contributed by atoms with Crippen molar-refractivity contribution in [3.05, 3.63) is 35.4 Å². The lowest BCUT2D eigenvalue weighted by atomic mass is 9.85. The largest absolute Gasteiger partial charge is 0.370 e. The highest BCUT2D eigenvalue weighted by Crippen LogP contribution is 2.40. The van der Waals surface area contributed by atoms with E-state index in [1.165, 1.54) is 24.8 Å². The van der Waals surface area contributed by atoms with E-state index in [9.17, 15) is 4.79 Å². The summed E-state index contributed by atoms with van der Waals surface area (Å²) in [5.41, 5.74) is 2.15. The van der Waals surface area contributed by atoms with Crippen molar-refractivity contribution < 1.29 is 9.53 Å². The molecule has 2 heteroatoms. The number of ketones is 1. The first-order valence-corrected chi connectivity index (χ1v) is 6.48. The van der Waals surface area contributed by atoms with Crippen molar-refractivity contribution in [3.8, 4) is 0 Å². The standard InChI is InChI=1S/C15H18O2/c1-10(16)13-5-2-11(3-6-13)8-12-4-7-14-15(9-12)17-14/h2-3,5-6,12,14-15H,4,7-9H2,1H3. The second kappa shape index (κ2) is 4.26. The summed E-state index contributed by atoms with van der Waals surface area (Å²) in [5.74, 6) is 0.908. The summed E-state index contributed by atoms with van der Waals surface area (Å²) in [4.78, 5) is 11.2. The van der Waals surface area contributed by atoms with E-state index in [1.807, 2.05) is 12.1 Å². The maximum absolute atomic E-state index is 11.2. The van der Waals surface area contributed by atoms with Gasteiger partial charge in [-0.25, -0.2) is 0 Å². The smallest absolute Gasteiger partial charge is 0.159 e. The summed E-state index contributed by atoms with van der Waals surface area (Å²) in [6.45, 7) is 1.61. The Morgan fingerprint density at radius 3 is 2.65 bits per heavy atom. The molecule has 17 heavy (non-hydrogen) atoms. The van der Waals surface area contributed by atoms with Crippen LogP contribution in [0.5, 0.6) is 0 Å². The highest BCUT2D eigenvalue weighted by Gasteiger charge is 2.43. The average molecular weight is 230 g/mol. The topological polar surface area (TPSA) is 29.6 Å². The zero-order valence-electron chi connectivity index (χ0n) is 10.2. The molecule has 1 heterocycles. The van der Waals surface area contributed by atoms with Crippen LogP contribution in [0.2, 0.25) is 0 Å². The van der Waals surface area contributed by atoms with E-state index in [2.05, 4.69) is 12.1 Å². The number of benzene rings is 1. The van der Waals surface area contributed by atoms with Crippen molar-refractivity contribution in [1.82, 2.24) is 0 Å². The Labute approximate surface area is 102 Å². The third kappa shape index (κ3) is 2.42. The van der Waals surface area contributed by atoms with Gasteiger partial charge in [-0.1, -0.05) is 24.3 Å². The Morgan fingerprint density at radius 2 is 2.00 bits per heavy atom. The molecule has 0 radical (unpaired) electrons. The number of hydrogen-bond donors (Lipinski definition) is 0. The van der Waals surface area contributed by atoms with Gasteiger partial charge in [-0.05, 0) is 44.1 Å². The Morgan fingerprint density at radius 1 is 1.24 bits per heavy atom. The average Bonchev–Trinajstić information content (AvgIpc) is 3.08. The quantitative estimate of drug-likeness (QED) is 0.590. The number of ether oxygens (including phenoxy) is 1. The molecule has 0 amide bonds. The van der Waals surface area contributed by atoms with Crippen molar-refractivity contribution in [1.29, 1.82) is 0 Å². The molecule has 1 saturated carbocycles. The van der Waals surface area contributed by atoms with Crippen molar-refractivity contribution in [2.45, 2.75) is 44.8 Å². The van der Waals surface area contributed by atoms with Gasteiger partial charge < -0.3 is 4.74 Å². The summed E-state index contributed by atoms with van der Waals surface area (Å²) < 4.78 is 5.55. The lowest BCUT2D eigenvalue weighted by Gasteiger charge is -2.18. The van der Waals surface area contributed by atoms with Crippen LogP contribution in [0.25, 0.3) is 0 Å². The number of hydrogen-bond acceptors (Lipinski definition) is 2. The minimum Gasteiger partial charge on any atom is -0.370 e. The number of fused-ring (bicyclic) bond motifs is 1. The van der Waals surface area contributed by atoms with Crippen LogP contribution in [-0.4, -0.2) is 18.0 Å². The van der Waals surface area contributed by atoms with Crippen molar-refractivity contribution >= 4 is 5.78 Å². The monoisotopic (exact) mass is 230 g/mol. The van der Waals surface area contributed by atoms with Crippen LogP contribution in [0.3, 0.4) is 0 Å². The lowest BCUT2D eigenvalue weighted by molar-refractivity contribution is 0.101. The van der Waals surface area contributed by atoms with Crippen LogP contribution in [0.15, 0.2) is 24.3 Å². The summed E-state index contributed by atoms with van der Waals surface area (Å²) in [7, 11) is 0. The van der Waals surface area contributed by atoms with E-state index in [1.54, 1.807) is 6.92 Å². The number of Topliss-reactive ketones (excluding diaryl/α,β-unsaturated/α-hetero) is 1. The van der Waals surface area contributed by atoms with Gasteiger partial charge in [0.1, 0.15) is 0 Å². The summed E-state index contributed by atoms with van der Waals surface area (Å²) in [6, 6.07) is 8.07. The molecule has 1 aromatic carbocycles. The molecule has 0 spiro atoms. The first kappa shape index (κ1) is 11.0. The summed E-state index contributed by atoms with van der Waals surface area (Å²) in [6.07, 6.45) is 6.02. The van der Waals surface area contributed by atoms with Crippen LogP contribution in [0.1, 0.15) is 42.1 Å². The first-order chi connectivity index (χ1) is 8.22. The van der Waals surface area contributed by atoms with Gasteiger partial charge in [0.05, 0.1) is 12.2 Å². The van der Waals surface area contributed by atoms with E-state index in [0.29, 0.717) is 12.2 Å². The molecule has 1 aliphatic carbocycles. The van der Waals surface area contributed by atoms with Crippen molar-refractivity contribution in [3.63, 3.8) is 0 Å². The molecule has 2 fully saturated rings. The van der Waals surface area contributed by atoms with Gasteiger partial charge in [0.25, 0.3) is 0 Å². The third-order valence-electron chi connectivity index (χ3n) is 4.00. The van der Waals surface area contributed by atoms with E-state index in [4.69, 9.17) is 4.74 Å². The predicted molar refractivity (Wildman–Crippen MR) is 66.2 cm³/mol. The highest BCUT2D eigenvalue weighted by atomic mass is 16.6. The van der Waals surface area contributed by atoms with Crippen LogP contribution >= 0.6 is 0 Å². The Hall–Kier alpha value is -1.15. The molecule has 2 nitrogen and oxygen atoms in total. The second-order valence-corrected chi connectivity index (χ2v) is 5.35. The molecule has 0 N–H and O–H groups in total. The second-order valence-electron chi connectivity index (χ2n) is 5.35. The summed E-state index contributed by atoms with van der Waals surface area (Å²) >= 11 is 0. The van der Waals surface area contributed by atoms with Crippen LogP contribution in [0.4, 0.5) is 0 Å². The number of rotatable bonds is 3. The highest BCUT2D eigenvalue weighted by molar-refractivity contribution is 5.93. The van der Waals surface area contributed by atoms with Gasteiger partial charge in [0.15, 0.2) is 5.78 Å². The van der Waals surface area contributed by atoms with Crippen LogP contribution in [-0.2, 0) is 11.2 Å². The fraction of sp³-hybridized carbons (Fsp3) is 0.533. The Kier molecular flexibility index (Phi) is 2.75. The van der Waals surface area contributed by atoms with Crippen molar-refractivity contribution in [2.75, 3.05) is 0 Å². The maximum atomic E-state index is 11.2. The molecule has 90 valence electrons.